The summed E-state index contributed by atoms with van der Waals surface area (Å²) in [5.41, 5.74) is 21.8. The van der Waals surface area contributed by atoms with Crippen LogP contribution in [0, 0.1) is 48.6 Å². The Morgan fingerprint density at radius 2 is 1.11 bits per heavy atom. The number of fused-ring (bicyclic) bond motifs is 11. The summed E-state index contributed by atoms with van der Waals surface area (Å²) < 4.78 is 34.8. The van der Waals surface area contributed by atoms with E-state index in [9.17, 15) is 13.6 Å². The summed E-state index contributed by atoms with van der Waals surface area (Å²) in [6.07, 6.45) is 12.7. The minimum Gasteiger partial charge on any atom is -0.661 e. The molecule has 0 spiro atoms. The first-order chi connectivity index (χ1) is 65.2. The summed E-state index contributed by atoms with van der Waals surface area (Å²) in [6, 6.07) is 126. The van der Waals surface area contributed by atoms with Crippen LogP contribution in [0.2, 0.25) is 0 Å². The van der Waals surface area contributed by atoms with E-state index in [1.165, 1.54) is 69.8 Å². The third kappa shape index (κ3) is 27.5. The van der Waals surface area contributed by atoms with Gasteiger partial charge in [0.1, 0.15) is 5.58 Å². The van der Waals surface area contributed by atoms with Crippen molar-refractivity contribution in [2.75, 3.05) is 11.9 Å². The number of anilines is 1. The number of imidazole rings is 1. The molecule has 1 N–H and O–H groups in total. The number of carbonyl (C=O) groups is 1. The van der Waals surface area contributed by atoms with E-state index in [4.69, 9.17) is 14.5 Å². The molecule has 0 amide bonds. The Labute approximate surface area is 879 Å². The molecule has 5 aromatic heterocycles. The predicted octanol–water partition coefficient (Wildman–Crippen LogP) is 30.9. The maximum Gasteiger partial charge on any atom is 0.155 e. The number of allylic oxidation sites excluding steroid dienone is 4. The molecule has 711 valence electrons. The number of carbonyl (C=O) groups excluding carboxylic acids is 1. The Morgan fingerprint density at radius 1 is 0.511 bits per heavy atom. The molecule has 1 aliphatic heterocycles. The smallest absolute Gasteiger partial charge is 0.155 e. The fraction of sp³-hybridized carbons (Fsp3) is 0.119. The second-order valence-electron chi connectivity index (χ2n) is 32.9. The van der Waals surface area contributed by atoms with Crippen molar-refractivity contribution in [2.24, 2.45) is 4.99 Å². The minimum atomic E-state index is -0.654. The van der Waals surface area contributed by atoms with Gasteiger partial charge < -0.3 is 34.2 Å². The van der Waals surface area contributed by atoms with E-state index >= 15 is 0 Å². The quantitative estimate of drug-likeness (QED) is 0.0344. The molecule has 21 heteroatoms. The topological polar surface area (TPSA) is 158 Å². The fourth-order valence-corrected chi connectivity index (χ4v) is 15.7. The molecule has 0 fully saturated rings. The average molecular weight is 2720 g/mol. The van der Waals surface area contributed by atoms with E-state index in [0.717, 1.165) is 129 Å². The van der Waals surface area contributed by atoms with Gasteiger partial charge in [0.2, 0.25) is 0 Å². The molecule has 20 aromatic rings. The summed E-state index contributed by atoms with van der Waals surface area (Å²) in [6.45, 7) is 22.0. The largest absolute Gasteiger partial charge is 0.661 e. The van der Waals surface area contributed by atoms with E-state index < -0.39 is 11.6 Å². The van der Waals surface area contributed by atoms with Gasteiger partial charge in [-0.25, -0.2) is 5.10 Å². The van der Waals surface area contributed by atoms with Crippen LogP contribution >= 0.6 is 0 Å². The van der Waals surface area contributed by atoms with E-state index in [1.54, 1.807) is 11.0 Å². The normalized spacial score (nSPS) is 11.5. The van der Waals surface area contributed by atoms with Crippen LogP contribution in [-0.2, 0) is 105 Å². The molecule has 139 heavy (non-hydrogen) atoms. The van der Waals surface area contributed by atoms with Gasteiger partial charge in [-0.05, 0) is 163 Å². The second-order valence-corrected chi connectivity index (χ2v) is 32.9. The summed E-state index contributed by atoms with van der Waals surface area (Å²) in [4.78, 5) is 34.0. The number of hydrogen-bond acceptors (Lipinski definition) is 11. The fourth-order valence-electron chi connectivity index (χ4n) is 15.7. The maximum atomic E-state index is 13.8. The van der Waals surface area contributed by atoms with Crippen molar-refractivity contribution in [3.63, 3.8) is 0 Å². The molecule has 0 atom stereocenters. The third-order valence-electron chi connectivity index (χ3n) is 21.9. The molecular weight excluding hydrogens is 2620 g/mol. The van der Waals surface area contributed by atoms with E-state index in [2.05, 4.69) is 253 Å². The molecule has 5 radical (unpaired) electrons. The van der Waals surface area contributed by atoms with E-state index in [-0.39, 0.29) is 124 Å². The van der Waals surface area contributed by atoms with Crippen LogP contribution < -0.4 is 4.90 Å². The number of aliphatic hydroxyl groups excluding tert-OH is 1. The summed E-state index contributed by atoms with van der Waals surface area (Å²) in [5.74, 6) is 0.501. The number of aliphatic imine (C=N–C) groups is 1. The number of halogens is 2. The molecule has 6 heterocycles. The van der Waals surface area contributed by atoms with Crippen LogP contribution in [0.4, 0.5) is 25.8 Å². The zero-order chi connectivity index (χ0) is 93.6. The average Bonchev–Trinajstić information content (AvgIpc) is 1.63. The van der Waals surface area contributed by atoms with Crippen LogP contribution in [0.1, 0.15) is 98.2 Å². The first kappa shape index (κ1) is 108. The van der Waals surface area contributed by atoms with Crippen LogP contribution in [0.15, 0.2) is 398 Å². The van der Waals surface area contributed by atoms with Gasteiger partial charge in [0.15, 0.2) is 5.78 Å². The van der Waals surface area contributed by atoms with Gasteiger partial charge in [-0.1, -0.05) is 280 Å². The number of pyridine rings is 2. The Hall–Kier alpha value is -13.1. The Kier molecular flexibility index (Phi) is 40.4. The van der Waals surface area contributed by atoms with Crippen LogP contribution in [0.5, 0.6) is 0 Å². The van der Waals surface area contributed by atoms with Gasteiger partial charge in [0.25, 0.3) is 0 Å². The van der Waals surface area contributed by atoms with Gasteiger partial charge in [0.05, 0.1) is 34.3 Å². The summed E-state index contributed by atoms with van der Waals surface area (Å²) in [7, 11) is 2.00. The zero-order valence-electron chi connectivity index (χ0n) is 78.2. The number of para-hydroxylation sites is 4. The van der Waals surface area contributed by atoms with Gasteiger partial charge in [-0.2, -0.15) is 40.5 Å². The van der Waals surface area contributed by atoms with Crippen LogP contribution in [0.25, 0.3) is 143 Å². The van der Waals surface area contributed by atoms with Crippen LogP contribution in [0.3, 0.4) is 0 Å². The maximum absolute atomic E-state index is 13.8. The first-order valence-corrected chi connectivity index (χ1v) is 44.4. The molecule has 14 nitrogen and oxygen atoms in total. The molecule has 0 saturated carbocycles. The summed E-state index contributed by atoms with van der Waals surface area (Å²) >= 11 is 0. The number of aliphatic hydroxyl groups is 1. The molecule has 15 aromatic carbocycles. The second kappa shape index (κ2) is 52.1. The molecule has 0 saturated heterocycles. The Morgan fingerprint density at radius 3 is 1.73 bits per heavy atom. The molecule has 1 aliphatic rings. The standard InChI is InChI=1S/C27H18N.C21H23N2.C17H14N3.C17H17N2.C16H12N2O.C15H8F2N.C5H8O2.5Ir/c1-4-10-20(11-5-1)23-16-17-26-25(18-23)24(21-12-6-2-7-13-21)19-27(28-26)22-14-8-3-9-15-22;1-15(2)18-11-8-12-19(16(3)4)20(18)23-14-13-22-21(23)17-9-6-5-7-10-17;1-11(2)20-18-16-14-9-5-3-7-12(14)13-8-4-6-10-15(13)17(16)19-20;1-14(18-16-9-5-3-6-10-16)13-15(2)19-17-11-7-4-8-12-17;1-17-9-10-18(11-17)14-7-4-6-13-12-5-2-3-8-15(12)19-16(13)14;16-11-5-6-13(14(17)9-11)15-12-4-2-1-3-10(12)7-8-18-15;1-4(6)3-5(2)7;;;;;/h1-14,16-19H;5-9,11-16H,1-4H3;3-9,11H,1-2H3;3-13H,1-2H3;2-6,8-11H,1H3;1-5,7-9H;3,6H,1-2H3;;;;;/q4*-1;-2;-1;;;;;;. The van der Waals surface area contributed by atoms with Crippen molar-refractivity contribution in [1.82, 2.24) is 39.4 Å². The van der Waals surface area contributed by atoms with Gasteiger partial charge >= 0.3 is 0 Å². The van der Waals surface area contributed by atoms with Crippen molar-refractivity contribution in [2.45, 2.75) is 87.1 Å². The number of hydrogen-bond donors (Lipinski definition) is 1. The van der Waals surface area contributed by atoms with Crippen molar-refractivity contribution in [3.8, 4) is 61.8 Å². The van der Waals surface area contributed by atoms with Crippen molar-refractivity contribution in [3.05, 3.63) is 453 Å². The molecule has 0 bridgehead atoms. The molecular formula is C118H100F2Ir5N11O3-7. The van der Waals surface area contributed by atoms with E-state index in [1.807, 2.05) is 244 Å². The first-order valence-electron chi connectivity index (χ1n) is 44.4. The van der Waals surface area contributed by atoms with Crippen molar-refractivity contribution >= 4 is 105 Å². The van der Waals surface area contributed by atoms with Gasteiger partial charge in [0, 0.05) is 170 Å². The SMILES string of the molecule is CC(=CC(C)=Nc1ccccc1)[N-]c1ccccc1.CC(=O)C=C(C)O.CC(C)c1cccc(C(C)C)c1-n1ccnc1-c1[c-]cccc1.CC(C)n1nc2c3[c-]cccc3c3ccccc3c2n1.CN1C=CN(c2[c-]ccc3c2oc2ccccc23)[CH-]1.Fc1c[c-]c(-c2nccc3ccccc23)c(F)c1.[Ir].[Ir].[Ir].[Ir].[Ir].[c-]1ccccc1-c1cc(-c2ccccc2)c2cc(-c3ccccc3)ccc2n1. The van der Waals surface area contributed by atoms with Crippen LogP contribution in [-0.4, -0.2) is 63.1 Å². The molecule has 0 unspecified atom stereocenters. The predicted molar refractivity (Wildman–Crippen MR) is 546 cm³/mol. The Bertz CT molecular complexity index is 7470. The van der Waals surface area contributed by atoms with Crippen molar-refractivity contribution < 1.29 is 124 Å². The van der Waals surface area contributed by atoms with Gasteiger partial charge in [-0.3, -0.25) is 28.5 Å². The number of aromatic nitrogens is 7. The number of benzene rings is 15. The number of nitrogens with zero attached hydrogens (tertiary/aromatic N) is 11. The molecule has 0 aliphatic carbocycles. The molecule has 21 rings (SSSR count). The number of furan rings is 1. The number of ketones is 1. The van der Waals surface area contributed by atoms with Gasteiger partial charge in [-0.15, -0.1) is 119 Å². The minimum absolute atomic E-state index is 0. The monoisotopic (exact) mass is 2720 g/mol. The Balaban J connectivity index is 0.000000169. The third-order valence-corrected chi connectivity index (χ3v) is 21.9. The summed E-state index contributed by atoms with van der Waals surface area (Å²) in [5, 5.41) is 32.0. The van der Waals surface area contributed by atoms with Crippen molar-refractivity contribution in [1.29, 1.82) is 0 Å². The van der Waals surface area contributed by atoms with E-state index in [0.29, 0.717) is 17.5 Å². The number of rotatable bonds is 15. The zero-order valence-corrected chi connectivity index (χ0v) is 90.2.